The van der Waals surface area contributed by atoms with Gasteiger partial charge in [0.1, 0.15) is 11.0 Å². The van der Waals surface area contributed by atoms with Crippen molar-refractivity contribution in [2.45, 2.75) is 46.8 Å². The molecule has 3 aromatic rings. The molecule has 1 aliphatic rings. The van der Waals surface area contributed by atoms with E-state index >= 15 is 0 Å². The van der Waals surface area contributed by atoms with Crippen LogP contribution in [0.1, 0.15) is 36.5 Å². The summed E-state index contributed by atoms with van der Waals surface area (Å²) in [5.41, 5.74) is 0.407. The second-order valence-corrected chi connectivity index (χ2v) is 11.9. The van der Waals surface area contributed by atoms with Crippen molar-refractivity contribution in [1.82, 2.24) is 9.71 Å². The van der Waals surface area contributed by atoms with Gasteiger partial charge in [-0.1, -0.05) is 24.3 Å². The Labute approximate surface area is 194 Å². The van der Waals surface area contributed by atoms with E-state index in [4.69, 9.17) is 4.74 Å². The molecule has 1 aliphatic carbocycles. The van der Waals surface area contributed by atoms with Gasteiger partial charge >= 0.3 is 0 Å². The van der Waals surface area contributed by atoms with Gasteiger partial charge < -0.3 is 4.74 Å². The van der Waals surface area contributed by atoms with Gasteiger partial charge in [0.05, 0.1) is 15.9 Å². The number of pyridine rings is 1. The molecular formula is C24H26N2O5S2. The van der Waals surface area contributed by atoms with Crippen LogP contribution in [0.3, 0.4) is 0 Å². The van der Waals surface area contributed by atoms with Crippen LogP contribution in [0.15, 0.2) is 88.9 Å². The van der Waals surface area contributed by atoms with Crippen molar-refractivity contribution in [2.75, 3.05) is 6.54 Å². The first-order chi connectivity index (χ1) is 15.9. The maximum absolute atomic E-state index is 13.3. The van der Waals surface area contributed by atoms with Gasteiger partial charge in [0.2, 0.25) is 10.0 Å². The average Bonchev–Trinajstić information content (AvgIpc) is 3.34. The number of nitrogens with zero attached hydrogens (tertiary/aromatic N) is 1. The molecule has 7 nitrogen and oxygen atoms in total. The van der Waals surface area contributed by atoms with Crippen LogP contribution in [-0.2, 0) is 19.9 Å². The van der Waals surface area contributed by atoms with Crippen molar-refractivity contribution in [2.24, 2.45) is 0 Å². The summed E-state index contributed by atoms with van der Waals surface area (Å²) in [4.78, 5) is 4.17. The predicted molar refractivity (Wildman–Crippen MR) is 125 cm³/mol. The Morgan fingerprint density at radius 2 is 1.58 bits per heavy atom. The molecule has 9 heteroatoms. The SMILES string of the molecule is O=S(=O)(NC[C@H](c1cccnc1)S(=O)(=O)c1ccccc1)c1ccc(OC2CCCC2)cc1. The Morgan fingerprint density at radius 3 is 2.21 bits per heavy atom. The van der Waals surface area contributed by atoms with Crippen molar-refractivity contribution in [3.63, 3.8) is 0 Å². The third-order valence-corrected chi connectivity index (χ3v) is 9.26. The van der Waals surface area contributed by atoms with Crippen LogP contribution >= 0.6 is 0 Å². The quantitative estimate of drug-likeness (QED) is 0.492. The molecule has 174 valence electrons. The Morgan fingerprint density at radius 1 is 0.879 bits per heavy atom. The molecule has 0 radical (unpaired) electrons. The number of sulfonamides is 1. The maximum atomic E-state index is 13.3. The normalized spacial score (nSPS) is 15.9. The predicted octanol–water partition coefficient (Wildman–Crippen LogP) is 3.90. The number of ether oxygens (including phenoxy) is 1. The molecule has 0 spiro atoms. The van der Waals surface area contributed by atoms with Crippen molar-refractivity contribution < 1.29 is 21.6 Å². The number of nitrogens with one attached hydrogen (secondary N) is 1. The summed E-state index contributed by atoms with van der Waals surface area (Å²) >= 11 is 0. The third-order valence-electron chi connectivity index (χ3n) is 5.70. The molecule has 1 atom stereocenters. The molecular weight excluding hydrogens is 460 g/mol. The standard InChI is InChI=1S/C24H26N2O5S2/c27-32(28,22-10-2-1-3-11-22)24(19-7-6-16-25-17-19)18-26-33(29,30)23-14-12-21(13-15-23)31-20-8-4-5-9-20/h1-3,6-7,10-17,20,24,26H,4-5,8-9,18H2/t24-/m1/s1. The van der Waals surface area contributed by atoms with E-state index in [0.717, 1.165) is 25.7 Å². The van der Waals surface area contributed by atoms with Crippen LogP contribution in [0.4, 0.5) is 0 Å². The fourth-order valence-electron chi connectivity index (χ4n) is 3.91. The Bertz CT molecular complexity index is 1260. The van der Waals surface area contributed by atoms with Gasteiger partial charge in [-0.2, -0.15) is 0 Å². The van der Waals surface area contributed by atoms with Gasteiger partial charge in [0.25, 0.3) is 0 Å². The first-order valence-electron chi connectivity index (χ1n) is 10.8. The molecule has 2 aromatic carbocycles. The second-order valence-electron chi connectivity index (χ2n) is 7.98. The van der Waals surface area contributed by atoms with Gasteiger partial charge in [-0.15, -0.1) is 0 Å². The van der Waals surface area contributed by atoms with Crippen molar-refractivity contribution >= 4 is 19.9 Å². The topological polar surface area (TPSA) is 102 Å². The number of aromatic nitrogens is 1. The highest BCUT2D eigenvalue weighted by atomic mass is 32.2. The highest BCUT2D eigenvalue weighted by molar-refractivity contribution is 7.92. The van der Waals surface area contributed by atoms with Gasteiger partial charge in [-0.25, -0.2) is 21.6 Å². The van der Waals surface area contributed by atoms with Crippen LogP contribution in [0.5, 0.6) is 5.75 Å². The lowest BCUT2D eigenvalue weighted by Crippen LogP contribution is -2.32. The zero-order valence-corrected chi connectivity index (χ0v) is 19.6. The van der Waals surface area contributed by atoms with E-state index in [0.29, 0.717) is 11.3 Å². The zero-order chi connectivity index (χ0) is 23.3. The van der Waals surface area contributed by atoms with E-state index in [9.17, 15) is 16.8 Å². The third kappa shape index (κ3) is 5.61. The largest absolute Gasteiger partial charge is 0.490 e. The monoisotopic (exact) mass is 486 g/mol. The molecule has 1 heterocycles. The highest BCUT2D eigenvalue weighted by Crippen LogP contribution is 2.29. The van der Waals surface area contributed by atoms with E-state index in [1.54, 1.807) is 42.5 Å². The van der Waals surface area contributed by atoms with Crippen LogP contribution in [0.25, 0.3) is 0 Å². The Hall–Kier alpha value is -2.75. The first kappa shape index (κ1) is 23.4. The lowest BCUT2D eigenvalue weighted by molar-refractivity contribution is 0.210. The number of sulfone groups is 1. The fourth-order valence-corrected chi connectivity index (χ4v) is 6.73. The van der Waals surface area contributed by atoms with Crippen LogP contribution in [0.2, 0.25) is 0 Å². The average molecular weight is 487 g/mol. The molecule has 1 aromatic heterocycles. The molecule has 0 unspecified atom stereocenters. The van der Waals surface area contributed by atoms with Crippen molar-refractivity contribution in [3.05, 3.63) is 84.7 Å². The summed E-state index contributed by atoms with van der Waals surface area (Å²) in [6, 6.07) is 17.4. The molecule has 0 aliphatic heterocycles. The minimum atomic E-state index is -3.94. The number of hydrogen-bond acceptors (Lipinski definition) is 6. The smallest absolute Gasteiger partial charge is 0.240 e. The second kappa shape index (κ2) is 10.0. The van der Waals surface area contributed by atoms with E-state index in [1.807, 2.05) is 0 Å². The number of benzene rings is 2. The summed E-state index contributed by atoms with van der Waals surface area (Å²) < 4.78 is 60.8. The molecule has 1 fully saturated rings. The summed E-state index contributed by atoms with van der Waals surface area (Å²) in [5.74, 6) is 0.626. The van der Waals surface area contributed by atoms with Crippen molar-refractivity contribution in [3.8, 4) is 5.75 Å². The van der Waals surface area contributed by atoms with E-state index in [2.05, 4.69) is 9.71 Å². The maximum Gasteiger partial charge on any atom is 0.240 e. The lowest BCUT2D eigenvalue weighted by atomic mass is 10.2. The lowest BCUT2D eigenvalue weighted by Gasteiger charge is -2.19. The number of rotatable bonds is 9. The van der Waals surface area contributed by atoms with Crippen LogP contribution in [0, 0.1) is 0 Å². The molecule has 1 N–H and O–H groups in total. The van der Waals surface area contributed by atoms with E-state index < -0.39 is 25.1 Å². The summed E-state index contributed by atoms with van der Waals surface area (Å²) in [5, 5.41) is -1.13. The zero-order valence-electron chi connectivity index (χ0n) is 18.0. The van der Waals surface area contributed by atoms with Gasteiger partial charge in [0.15, 0.2) is 9.84 Å². The minimum absolute atomic E-state index is 0.0447. The molecule has 0 saturated heterocycles. The molecule has 0 amide bonds. The minimum Gasteiger partial charge on any atom is -0.490 e. The highest BCUT2D eigenvalue weighted by Gasteiger charge is 2.31. The Balaban J connectivity index is 1.53. The summed E-state index contributed by atoms with van der Waals surface area (Å²) in [6.07, 6.45) is 7.45. The van der Waals surface area contributed by atoms with Crippen LogP contribution in [-0.4, -0.2) is 34.5 Å². The molecule has 0 bridgehead atoms. The fraction of sp³-hybridized carbons (Fsp3) is 0.292. The van der Waals surface area contributed by atoms with E-state index in [1.165, 1.54) is 36.7 Å². The molecule has 4 rings (SSSR count). The van der Waals surface area contributed by atoms with Gasteiger partial charge in [0, 0.05) is 18.9 Å². The molecule has 1 saturated carbocycles. The van der Waals surface area contributed by atoms with Crippen molar-refractivity contribution in [1.29, 1.82) is 0 Å². The number of hydrogen-bond donors (Lipinski definition) is 1. The summed E-state index contributed by atoms with van der Waals surface area (Å²) in [6.45, 7) is -0.328. The first-order valence-corrected chi connectivity index (χ1v) is 13.8. The van der Waals surface area contributed by atoms with Gasteiger partial charge in [-0.3, -0.25) is 4.98 Å². The Kier molecular flexibility index (Phi) is 7.11. The van der Waals surface area contributed by atoms with Crippen LogP contribution < -0.4 is 9.46 Å². The summed E-state index contributed by atoms with van der Waals surface area (Å²) in [7, 11) is -7.81. The van der Waals surface area contributed by atoms with E-state index in [-0.39, 0.29) is 22.4 Å². The van der Waals surface area contributed by atoms with Gasteiger partial charge in [-0.05, 0) is 73.7 Å². The molecule has 33 heavy (non-hydrogen) atoms.